The molecule has 3 nitrogen and oxygen atoms in total. The average molecular weight is 249 g/mol. The van der Waals surface area contributed by atoms with Crippen LogP contribution in [0.3, 0.4) is 0 Å². The van der Waals surface area contributed by atoms with Gasteiger partial charge in [-0.15, -0.1) is 0 Å². The topological polar surface area (TPSA) is 28.2 Å². The predicted molar refractivity (Wildman–Crippen MR) is 70.2 cm³/mol. The van der Waals surface area contributed by atoms with Gasteiger partial charge in [0.1, 0.15) is 0 Å². The van der Waals surface area contributed by atoms with E-state index in [1.165, 1.54) is 25.7 Å². The summed E-state index contributed by atoms with van der Waals surface area (Å²) in [5.41, 5.74) is 1.53. The summed E-state index contributed by atoms with van der Waals surface area (Å²) < 4.78 is 13.1. The first-order chi connectivity index (χ1) is 8.77. The highest BCUT2D eigenvalue weighted by Gasteiger charge is 2.35. The smallest absolute Gasteiger partial charge is 0.214 e. The van der Waals surface area contributed by atoms with E-state index in [1.807, 2.05) is 6.07 Å². The molecule has 0 aromatic carbocycles. The second kappa shape index (κ2) is 4.84. The van der Waals surface area contributed by atoms with E-state index in [4.69, 9.17) is 0 Å². The van der Waals surface area contributed by atoms with Crippen molar-refractivity contribution < 1.29 is 4.39 Å². The Morgan fingerprint density at radius 3 is 2.56 bits per heavy atom. The van der Waals surface area contributed by atoms with Gasteiger partial charge in [-0.05, 0) is 50.3 Å². The highest BCUT2D eigenvalue weighted by atomic mass is 19.1. The van der Waals surface area contributed by atoms with E-state index in [9.17, 15) is 4.39 Å². The lowest BCUT2D eigenvalue weighted by molar-refractivity contribution is 0.155. The lowest BCUT2D eigenvalue weighted by Crippen LogP contribution is -2.45. The van der Waals surface area contributed by atoms with Crippen molar-refractivity contribution in [3.05, 3.63) is 24.3 Å². The number of aromatic nitrogens is 1. The van der Waals surface area contributed by atoms with Gasteiger partial charge in [0.15, 0.2) is 0 Å². The molecule has 2 aliphatic rings. The van der Waals surface area contributed by atoms with Crippen LogP contribution in [0.5, 0.6) is 0 Å². The average Bonchev–Trinajstić information content (AvgIpc) is 2.40. The molecule has 0 unspecified atom stereocenters. The summed E-state index contributed by atoms with van der Waals surface area (Å²) in [6.45, 7) is 4.40. The number of hydrogen-bond acceptors (Lipinski definition) is 3. The van der Waals surface area contributed by atoms with Gasteiger partial charge in [-0.3, -0.25) is 0 Å². The van der Waals surface area contributed by atoms with Gasteiger partial charge in [-0.1, -0.05) is 0 Å². The summed E-state index contributed by atoms with van der Waals surface area (Å²) >= 11 is 0. The van der Waals surface area contributed by atoms with Gasteiger partial charge in [0.05, 0.1) is 0 Å². The minimum atomic E-state index is -0.380. The van der Waals surface area contributed by atoms with Crippen molar-refractivity contribution >= 4 is 5.69 Å². The Bertz CT molecular complexity index is 405. The molecule has 18 heavy (non-hydrogen) atoms. The number of nitrogens with zero attached hydrogens (tertiary/aromatic N) is 2. The van der Waals surface area contributed by atoms with Gasteiger partial charge in [0.25, 0.3) is 0 Å². The molecule has 3 rings (SSSR count). The van der Waals surface area contributed by atoms with Gasteiger partial charge in [-0.25, -0.2) is 4.98 Å². The maximum atomic E-state index is 13.1. The van der Waals surface area contributed by atoms with Crippen LogP contribution in [-0.2, 0) is 0 Å². The van der Waals surface area contributed by atoms with Crippen molar-refractivity contribution in [2.45, 2.75) is 25.7 Å². The van der Waals surface area contributed by atoms with Crippen molar-refractivity contribution in [3.63, 3.8) is 0 Å². The second-order valence-corrected chi connectivity index (χ2v) is 5.57. The minimum Gasteiger partial charge on any atom is -0.371 e. The molecule has 2 aliphatic heterocycles. The molecular formula is C14H20FN3. The van der Waals surface area contributed by atoms with Crippen LogP contribution >= 0.6 is 0 Å². The summed E-state index contributed by atoms with van der Waals surface area (Å²) in [5.74, 6) is -0.380. The molecule has 0 aliphatic carbocycles. The number of nitrogens with one attached hydrogen (secondary N) is 1. The lowest BCUT2D eigenvalue weighted by atomic mass is 9.71. The van der Waals surface area contributed by atoms with E-state index in [0.29, 0.717) is 5.41 Å². The molecular weight excluding hydrogens is 229 g/mol. The van der Waals surface area contributed by atoms with E-state index in [0.717, 1.165) is 31.9 Å². The highest BCUT2D eigenvalue weighted by Crippen LogP contribution is 2.40. The number of halogens is 1. The zero-order valence-electron chi connectivity index (χ0n) is 10.7. The van der Waals surface area contributed by atoms with E-state index in [2.05, 4.69) is 15.2 Å². The summed E-state index contributed by atoms with van der Waals surface area (Å²) in [7, 11) is 0. The molecule has 2 saturated heterocycles. The van der Waals surface area contributed by atoms with Crippen molar-refractivity contribution in [2.24, 2.45) is 5.41 Å². The Morgan fingerprint density at radius 1 is 1.17 bits per heavy atom. The standard InChI is InChI=1S/C14H20FN3/c15-13-11-12(1-6-17-13)18-9-4-14(5-10-18)2-7-16-8-3-14/h1,6,11,16H,2-5,7-10H2. The van der Waals surface area contributed by atoms with Crippen LogP contribution in [0.25, 0.3) is 0 Å². The molecule has 1 aromatic heterocycles. The summed E-state index contributed by atoms with van der Waals surface area (Å²) in [5, 5.41) is 3.44. The Labute approximate surface area is 107 Å². The lowest BCUT2D eigenvalue weighted by Gasteiger charge is -2.45. The summed E-state index contributed by atoms with van der Waals surface area (Å²) in [4.78, 5) is 5.91. The van der Waals surface area contributed by atoms with Gasteiger partial charge < -0.3 is 10.2 Å². The van der Waals surface area contributed by atoms with E-state index < -0.39 is 0 Å². The van der Waals surface area contributed by atoms with Crippen LogP contribution in [-0.4, -0.2) is 31.2 Å². The molecule has 98 valence electrons. The van der Waals surface area contributed by atoms with Crippen molar-refractivity contribution in [2.75, 3.05) is 31.1 Å². The first-order valence-corrected chi connectivity index (χ1v) is 6.85. The van der Waals surface area contributed by atoms with Gasteiger partial charge >= 0.3 is 0 Å². The van der Waals surface area contributed by atoms with E-state index in [-0.39, 0.29) is 5.95 Å². The van der Waals surface area contributed by atoms with Gasteiger partial charge in [0, 0.05) is 31.0 Å². The minimum absolute atomic E-state index is 0.380. The molecule has 1 N–H and O–H groups in total. The zero-order valence-corrected chi connectivity index (χ0v) is 10.7. The quantitative estimate of drug-likeness (QED) is 0.773. The molecule has 0 bridgehead atoms. The molecule has 0 radical (unpaired) electrons. The highest BCUT2D eigenvalue weighted by molar-refractivity contribution is 5.45. The van der Waals surface area contributed by atoms with Crippen LogP contribution < -0.4 is 10.2 Å². The van der Waals surface area contributed by atoms with Crippen LogP contribution in [0.1, 0.15) is 25.7 Å². The van der Waals surface area contributed by atoms with Crippen molar-refractivity contribution in [3.8, 4) is 0 Å². The first-order valence-electron chi connectivity index (χ1n) is 6.85. The van der Waals surface area contributed by atoms with E-state index >= 15 is 0 Å². The Balaban J connectivity index is 1.66. The molecule has 1 spiro atoms. The second-order valence-electron chi connectivity index (χ2n) is 5.57. The molecule has 0 saturated carbocycles. The molecule has 0 amide bonds. The maximum absolute atomic E-state index is 13.1. The summed E-state index contributed by atoms with van der Waals surface area (Å²) in [6.07, 6.45) is 6.62. The SMILES string of the molecule is Fc1cc(N2CCC3(CCNCC3)CC2)ccn1. The Morgan fingerprint density at radius 2 is 1.89 bits per heavy atom. The summed E-state index contributed by atoms with van der Waals surface area (Å²) in [6, 6.07) is 3.45. The van der Waals surface area contributed by atoms with Crippen LogP contribution in [0, 0.1) is 11.4 Å². The van der Waals surface area contributed by atoms with E-state index in [1.54, 1.807) is 12.3 Å². The number of hydrogen-bond donors (Lipinski definition) is 1. The number of rotatable bonds is 1. The Hall–Kier alpha value is -1.16. The molecule has 3 heterocycles. The molecule has 0 atom stereocenters. The number of pyridine rings is 1. The predicted octanol–water partition coefficient (Wildman–Crippen LogP) is 2.19. The molecule has 1 aromatic rings. The fraction of sp³-hybridized carbons (Fsp3) is 0.643. The third-order valence-corrected chi connectivity index (χ3v) is 4.56. The van der Waals surface area contributed by atoms with Crippen LogP contribution in [0.4, 0.5) is 10.1 Å². The zero-order chi connectivity index (χ0) is 12.4. The van der Waals surface area contributed by atoms with Crippen molar-refractivity contribution in [1.29, 1.82) is 0 Å². The van der Waals surface area contributed by atoms with Gasteiger partial charge in [-0.2, -0.15) is 4.39 Å². The molecule has 2 fully saturated rings. The van der Waals surface area contributed by atoms with Crippen LogP contribution in [0.2, 0.25) is 0 Å². The van der Waals surface area contributed by atoms with Crippen molar-refractivity contribution in [1.82, 2.24) is 10.3 Å². The largest absolute Gasteiger partial charge is 0.371 e. The fourth-order valence-corrected chi connectivity index (χ4v) is 3.29. The molecule has 4 heteroatoms. The number of piperidine rings is 2. The van der Waals surface area contributed by atoms with Crippen LogP contribution in [0.15, 0.2) is 18.3 Å². The van der Waals surface area contributed by atoms with Gasteiger partial charge in [0.2, 0.25) is 5.95 Å². The first kappa shape index (κ1) is 11.9. The Kier molecular flexibility index (Phi) is 3.20. The fourth-order valence-electron chi connectivity index (χ4n) is 3.29. The monoisotopic (exact) mass is 249 g/mol. The normalized spacial score (nSPS) is 23.3. The maximum Gasteiger partial charge on any atom is 0.214 e. The third-order valence-electron chi connectivity index (χ3n) is 4.56. The third kappa shape index (κ3) is 2.34. The number of anilines is 1.